The molecule has 0 aromatic heterocycles. The van der Waals surface area contributed by atoms with E-state index in [-0.39, 0.29) is 11.4 Å². The fourth-order valence-corrected chi connectivity index (χ4v) is 4.31. The van der Waals surface area contributed by atoms with E-state index in [2.05, 4.69) is 0 Å². The van der Waals surface area contributed by atoms with Crippen LogP contribution in [0.4, 0.5) is 0 Å². The Morgan fingerprint density at radius 2 is 2.50 bits per heavy atom. The SMILES string of the molecule is CO[P@]1(=O)CC[C@@]2(C)O[C@H]21. The van der Waals surface area contributed by atoms with Gasteiger partial charge in [0.2, 0.25) is 7.37 Å². The third-order valence-electron chi connectivity index (χ3n) is 2.43. The molecule has 3 nitrogen and oxygen atoms in total. The summed E-state index contributed by atoms with van der Waals surface area (Å²) in [6, 6.07) is 0. The maximum absolute atomic E-state index is 11.6. The van der Waals surface area contributed by atoms with Crippen LogP contribution in [0.5, 0.6) is 0 Å². The topological polar surface area (TPSA) is 38.8 Å². The average molecular weight is 162 g/mol. The van der Waals surface area contributed by atoms with E-state index >= 15 is 0 Å². The number of ether oxygens (including phenoxy) is 1. The Bertz CT molecular complexity index is 215. The zero-order chi connectivity index (χ0) is 7.41. The van der Waals surface area contributed by atoms with Crippen molar-refractivity contribution >= 4 is 7.37 Å². The molecule has 0 amide bonds. The van der Waals surface area contributed by atoms with Gasteiger partial charge in [-0.25, -0.2) is 0 Å². The maximum Gasteiger partial charge on any atom is 0.233 e. The lowest BCUT2D eigenvalue weighted by atomic mass is 10.1. The third-order valence-corrected chi connectivity index (χ3v) is 5.26. The summed E-state index contributed by atoms with van der Waals surface area (Å²) in [7, 11) is -0.847. The lowest BCUT2D eigenvalue weighted by Gasteiger charge is -2.07. The Balaban J connectivity index is 2.24. The summed E-state index contributed by atoms with van der Waals surface area (Å²) in [5.74, 6) is -0.0787. The molecule has 0 unspecified atom stereocenters. The van der Waals surface area contributed by atoms with E-state index in [0.29, 0.717) is 6.16 Å². The molecule has 58 valence electrons. The lowest BCUT2D eigenvalue weighted by Crippen LogP contribution is -2.00. The molecule has 2 rings (SSSR count). The highest BCUT2D eigenvalue weighted by Gasteiger charge is 2.67. The molecule has 0 spiro atoms. The predicted octanol–water partition coefficient (Wildman–Crippen LogP) is 1.43. The van der Waals surface area contributed by atoms with Crippen LogP contribution in [-0.2, 0) is 13.8 Å². The van der Waals surface area contributed by atoms with Crippen LogP contribution < -0.4 is 0 Å². The molecular weight excluding hydrogens is 151 g/mol. The van der Waals surface area contributed by atoms with Crippen LogP contribution >= 0.6 is 7.37 Å². The van der Waals surface area contributed by atoms with Crippen LogP contribution in [0, 0.1) is 0 Å². The van der Waals surface area contributed by atoms with Gasteiger partial charge in [-0.3, -0.25) is 4.57 Å². The molecule has 2 fully saturated rings. The highest BCUT2D eigenvalue weighted by molar-refractivity contribution is 7.60. The second kappa shape index (κ2) is 1.66. The highest BCUT2D eigenvalue weighted by atomic mass is 31.2. The Morgan fingerprint density at radius 3 is 2.70 bits per heavy atom. The van der Waals surface area contributed by atoms with Gasteiger partial charge in [0.15, 0.2) is 5.85 Å². The number of hydrogen-bond acceptors (Lipinski definition) is 3. The van der Waals surface area contributed by atoms with Gasteiger partial charge in [0.25, 0.3) is 0 Å². The minimum atomic E-state index is -2.36. The molecule has 3 atom stereocenters. The summed E-state index contributed by atoms with van der Waals surface area (Å²) in [6.07, 6.45) is 1.59. The second-order valence-electron chi connectivity index (χ2n) is 3.17. The lowest BCUT2D eigenvalue weighted by molar-refractivity contribution is 0.288. The maximum atomic E-state index is 11.6. The first-order valence-corrected chi connectivity index (χ1v) is 5.31. The van der Waals surface area contributed by atoms with E-state index in [1.807, 2.05) is 6.92 Å². The Labute approximate surface area is 60.2 Å². The summed E-state index contributed by atoms with van der Waals surface area (Å²) < 4.78 is 21.8. The van der Waals surface area contributed by atoms with E-state index in [1.165, 1.54) is 7.11 Å². The van der Waals surface area contributed by atoms with Crippen LogP contribution in [0.15, 0.2) is 0 Å². The smallest absolute Gasteiger partial charge is 0.233 e. The molecule has 0 saturated carbocycles. The van der Waals surface area contributed by atoms with Gasteiger partial charge in [-0.15, -0.1) is 0 Å². The molecule has 4 heteroatoms. The first-order chi connectivity index (χ1) is 4.61. The van der Waals surface area contributed by atoms with E-state index < -0.39 is 7.37 Å². The van der Waals surface area contributed by atoms with Gasteiger partial charge in [-0.05, 0) is 13.3 Å². The van der Waals surface area contributed by atoms with Crippen molar-refractivity contribution in [1.29, 1.82) is 0 Å². The molecular formula is C6H11O3P. The highest BCUT2D eigenvalue weighted by Crippen LogP contribution is 2.71. The fourth-order valence-electron chi connectivity index (χ4n) is 1.58. The number of epoxide rings is 1. The summed E-state index contributed by atoms with van der Waals surface area (Å²) >= 11 is 0. The number of fused-ring (bicyclic) bond motifs is 1. The first kappa shape index (κ1) is 6.84. The molecule has 0 radical (unpaired) electrons. The monoisotopic (exact) mass is 162 g/mol. The largest absolute Gasteiger partial charge is 0.356 e. The second-order valence-corrected chi connectivity index (χ2v) is 5.90. The average Bonchev–Trinajstić information content (AvgIpc) is 2.54. The normalized spacial score (nSPS) is 58.4. The molecule has 2 heterocycles. The summed E-state index contributed by atoms with van der Waals surface area (Å²) in [5, 5.41) is 0. The van der Waals surface area contributed by atoms with Crippen molar-refractivity contribution < 1.29 is 13.8 Å². The molecule has 0 aromatic rings. The van der Waals surface area contributed by atoms with E-state index in [0.717, 1.165) is 6.42 Å². The molecule has 10 heavy (non-hydrogen) atoms. The minimum Gasteiger partial charge on any atom is -0.356 e. The fraction of sp³-hybridized carbons (Fsp3) is 1.00. The Kier molecular flexibility index (Phi) is 1.13. The number of rotatable bonds is 1. The Hall–Kier alpha value is 0.150. The molecule has 2 saturated heterocycles. The van der Waals surface area contributed by atoms with Gasteiger partial charge in [-0.2, -0.15) is 0 Å². The molecule has 2 aliphatic rings. The van der Waals surface area contributed by atoms with Crippen molar-refractivity contribution in [2.75, 3.05) is 13.3 Å². The molecule has 0 bridgehead atoms. The van der Waals surface area contributed by atoms with Crippen molar-refractivity contribution in [2.24, 2.45) is 0 Å². The van der Waals surface area contributed by atoms with Crippen molar-refractivity contribution in [3.05, 3.63) is 0 Å². The third kappa shape index (κ3) is 0.659. The van der Waals surface area contributed by atoms with E-state index in [4.69, 9.17) is 9.26 Å². The summed E-state index contributed by atoms with van der Waals surface area (Å²) in [4.78, 5) is 0. The zero-order valence-corrected chi connectivity index (χ0v) is 7.06. The van der Waals surface area contributed by atoms with Gasteiger partial charge in [0, 0.05) is 13.3 Å². The van der Waals surface area contributed by atoms with Gasteiger partial charge in [-0.1, -0.05) is 0 Å². The van der Waals surface area contributed by atoms with Crippen molar-refractivity contribution in [3.8, 4) is 0 Å². The van der Waals surface area contributed by atoms with Crippen molar-refractivity contribution in [3.63, 3.8) is 0 Å². The predicted molar refractivity (Wildman–Crippen MR) is 37.4 cm³/mol. The van der Waals surface area contributed by atoms with Gasteiger partial charge < -0.3 is 9.26 Å². The molecule has 0 N–H and O–H groups in total. The first-order valence-electron chi connectivity index (χ1n) is 3.43. The minimum absolute atomic E-state index is 0.0787. The van der Waals surface area contributed by atoms with E-state index in [9.17, 15) is 4.57 Å². The van der Waals surface area contributed by atoms with Gasteiger partial charge >= 0.3 is 0 Å². The van der Waals surface area contributed by atoms with E-state index in [1.54, 1.807) is 0 Å². The van der Waals surface area contributed by atoms with Crippen molar-refractivity contribution in [1.82, 2.24) is 0 Å². The van der Waals surface area contributed by atoms with Crippen LogP contribution in [0.2, 0.25) is 0 Å². The quantitative estimate of drug-likeness (QED) is 0.432. The standard InChI is InChI=1S/C6H11O3P/c1-6-3-4-10(7,8-2)5(6)9-6/h5H,3-4H2,1-2H3/t5-,6+,10+/m0/s1. The van der Waals surface area contributed by atoms with Crippen LogP contribution in [0.25, 0.3) is 0 Å². The van der Waals surface area contributed by atoms with Crippen LogP contribution in [0.3, 0.4) is 0 Å². The zero-order valence-electron chi connectivity index (χ0n) is 6.16. The van der Waals surface area contributed by atoms with Crippen molar-refractivity contribution in [2.45, 2.75) is 24.8 Å². The number of hydrogen-bond donors (Lipinski definition) is 0. The van der Waals surface area contributed by atoms with Crippen LogP contribution in [0.1, 0.15) is 13.3 Å². The summed E-state index contributed by atoms with van der Waals surface area (Å²) in [5.41, 5.74) is -0.0917. The van der Waals surface area contributed by atoms with Gasteiger partial charge in [0.1, 0.15) is 5.60 Å². The van der Waals surface area contributed by atoms with Gasteiger partial charge in [0.05, 0.1) is 0 Å². The summed E-state index contributed by atoms with van der Waals surface area (Å²) in [6.45, 7) is 2.00. The molecule has 0 aromatic carbocycles. The molecule has 2 aliphatic heterocycles. The Morgan fingerprint density at radius 1 is 1.80 bits per heavy atom. The van der Waals surface area contributed by atoms with Crippen LogP contribution in [-0.4, -0.2) is 24.7 Å². The molecule has 0 aliphatic carbocycles.